The third-order valence-electron chi connectivity index (χ3n) is 6.28. The van der Waals surface area contributed by atoms with Crippen molar-refractivity contribution in [2.24, 2.45) is 0 Å². The highest BCUT2D eigenvalue weighted by molar-refractivity contribution is 6.06. The van der Waals surface area contributed by atoms with Gasteiger partial charge >= 0.3 is 5.97 Å². The predicted molar refractivity (Wildman–Crippen MR) is 143 cm³/mol. The van der Waals surface area contributed by atoms with E-state index in [1.165, 1.54) is 11.1 Å². The van der Waals surface area contributed by atoms with Gasteiger partial charge in [0.05, 0.1) is 18.2 Å². The molecule has 3 aromatic carbocycles. The predicted octanol–water partition coefficient (Wildman–Crippen LogP) is 4.62. The van der Waals surface area contributed by atoms with E-state index >= 15 is 0 Å². The zero-order chi connectivity index (χ0) is 26.0. The van der Waals surface area contributed by atoms with Gasteiger partial charge in [-0.2, -0.15) is 5.26 Å². The maximum absolute atomic E-state index is 12.8. The van der Waals surface area contributed by atoms with E-state index in [4.69, 9.17) is 4.74 Å². The van der Waals surface area contributed by atoms with Crippen LogP contribution in [0.2, 0.25) is 0 Å². The van der Waals surface area contributed by atoms with Crippen LogP contribution in [-0.4, -0.2) is 54.5 Å². The third kappa shape index (κ3) is 6.63. The molecule has 0 aliphatic carbocycles. The molecule has 0 saturated carbocycles. The lowest BCUT2D eigenvalue weighted by atomic mass is 9.96. The second-order valence-electron chi connectivity index (χ2n) is 8.70. The van der Waals surface area contributed by atoms with E-state index in [1.54, 1.807) is 37.4 Å². The number of rotatable bonds is 8. The van der Waals surface area contributed by atoms with E-state index in [2.05, 4.69) is 58.7 Å². The number of amides is 1. The van der Waals surface area contributed by atoms with Crippen LogP contribution in [0.5, 0.6) is 0 Å². The maximum atomic E-state index is 12.8. The van der Waals surface area contributed by atoms with Gasteiger partial charge in [-0.25, -0.2) is 4.79 Å². The summed E-state index contributed by atoms with van der Waals surface area (Å²) in [6.07, 6.45) is 1.64. The molecule has 0 aromatic heterocycles. The van der Waals surface area contributed by atoms with Gasteiger partial charge in [0.1, 0.15) is 11.6 Å². The van der Waals surface area contributed by atoms with Crippen molar-refractivity contribution in [1.29, 1.82) is 5.26 Å². The first-order valence-electron chi connectivity index (χ1n) is 12.4. The van der Waals surface area contributed by atoms with Crippen molar-refractivity contribution < 1.29 is 14.3 Å². The minimum Gasteiger partial charge on any atom is -0.462 e. The Hall–Kier alpha value is -4.41. The maximum Gasteiger partial charge on any atom is 0.338 e. The summed E-state index contributed by atoms with van der Waals surface area (Å²) in [4.78, 5) is 29.0. The van der Waals surface area contributed by atoms with Gasteiger partial charge in [-0.15, -0.1) is 0 Å². The number of nitrogens with one attached hydrogen (secondary N) is 1. The number of anilines is 1. The fourth-order valence-corrected chi connectivity index (χ4v) is 4.43. The van der Waals surface area contributed by atoms with Crippen LogP contribution in [0, 0.1) is 11.3 Å². The molecule has 0 radical (unpaired) electrons. The van der Waals surface area contributed by atoms with Crippen molar-refractivity contribution in [3.63, 3.8) is 0 Å². The SMILES string of the molecule is CCOC(=O)c1ccc(NC(=O)/C(C#N)=C\N2CCN(C(c3ccccc3)c3ccccc3)CC2)cc1. The molecule has 0 bridgehead atoms. The number of carbonyl (C=O) groups is 2. The number of nitrogens with zero attached hydrogens (tertiary/aromatic N) is 3. The smallest absolute Gasteiger partial charge is 0.338 e. The molecule has 1 saturated heterocycles. The summed E-state index contributed by atoms with van der Waals surface area (Å²) < 4.78 is 4.97. The molecule has 1 N–H and O–H groups in total. The van der Waals surface area contributed by atoms with Crippen molar-refractivity contribution in [3.8, 4) is 6.07 Å². The first-order valence-corrected chi connectivity index (χ1v) is 12.4. The van der Waals surface area contributed by atoms with E-state index in [-0.39, 0.29) is 11.6 Å². The largest absolute Gasteiger partial charge is 0.462 e. The monoisotopic (exact) mass is 494 g/mol. The summed E-state index contributed by atoms with van der Waals surface area (Å²) in [6.45, 7) is 5.01. The third-order valence-corrected chi connectivity index (χ3v) is 6.28. The summed E-state index contributed by atoms with van der Waals surface area (Å²) >= 11 is 0. The van der Waals surface area contributed by atoms with Gasteiger partial charge < -0.3 is 15.0 Å². The van der Waals surface area contributed by atoms with Crippen LogP contribution in [0.25, 0.3) is 0 Å². The lowest BCUT2D eigenvalue weighted by molar-refractivity contribution is -0.112. The first-order chi connectivity index (χ1) is 18.1. The average Bonchev–Trinajstić information content (AvgIpc) is 2.94. The molecule has 1 aliphatic heterocycles. The quantitative estimate of drug-likeness (QED) is 0.280. The first kappa shape index (κ1) is 25.7. The molecule has 0 unspecified atom stereocenters. The zero-order valence-corrected chi connectivity index (χ0v) is 20.8. The molecule has 1 aliphatic rings. The Kier molecular flexibility index (Phi) is 8.69. The summed E-state index contributed by atoms with van der Waals surface area (Å²) in [7, 11) is 0. The fraction of sp³-hybridized carbons (Fsp3) is 0.233. The second-order valence-corrected chi connectivity index (χ2v) is 8.70. The Labute approximate surface area is 217 Å². The summed E-state index contributed by atoms with van der Waals surface area (Å²) in [6, 6.07) is 29.5. The van der Waals surface area contributed by atoms with Crippen LogP contribution in [0.15, 0.2) is 96.7 Å². The lowest BCUT2D eigenvalue weighted by Gasteiger charge is -2.39. The number of esters is 1. The van der Waals surface area contributed by atoms with Gasteiger partial charge in [0.15, 0.2) is 0 Å². The molecule has 0 atom stereocenters. The Morgan fingerprint density at radius 2 is 1.49 bits per heavy atom. The molecule has 188 valence electrons. The topological polar surface area (TPSA) is 85.7 Å². The van der Waals surface area contributed by atoms with Crippen molar-refractivity contribution in [2.75, 3.05) is 38.1 Å². The van der Waals surface area contributed by atoms with Crippen LogP contribution in [0.4, 0.5) is 5.69 Å². The summed E-state index contributed by atoms with van der Waals surface area (Å²) in [5, 5.41) is 12.4. The molecular formula is C30H30N4O3. The number of carbonyl (C=O) groups excluding carboxylic acids is 2. The van der Waals surface area contributed by atoms with E-state index in [1.807, 2.05) is 23.1 Å². The molecule has 3 aromatic rings. The van der Waals surface area contributed by atoms with Crippen LogP contribution in [0.1, 0.15) is 34.5 Å². The molecular weight excluding hydrogens is 464 g/mol. The van der Waals surface area contributed by atoms with Crippen LogP contribution < -0.4 is 5.32 Å². The van der Waals surface area contributed by atoms with Gasteiger partial charge in [-0.1, -0.05) is 60.7 Å². The molecule has 7 nitrogen and oxygen atoms in total. The van der Waals surface area contributed by atoms with E-state index < -0.39 is 11.9 Å². The molecule has 1 fully saturated rings. The minimum absolute atomic E-state index is 0.0330. The lowest BCUT2D eigenvalue weighted by Crippen LogP contribution is -2.46. The molecule has 7 heteroatoms. The summed E-state index contributed by atoms with van der Waals surface area (Å²) in [5.41, 5.74) is 3.41. The van der Waals surface area contributed by atoms with E-state index in [9.17, 15) is 14.9 Å². The van der Waals surface area contributed by atoms with Crippen molar-refractivity contribution >= 4 is 17.6 Å². The molecule has 1 heterocycles. The van der Waals surface area contributed by atoms with Crippen LogP contribution in [-0.2, 0) is 9.53 Å². The minimum atomic E-state index is -0.486. The standard InChI is InChI=1S/C30H30N4O3/c1-2-37-30(36)25-13-15-27(16-14-25)32-29(35)26(21-31)22-33-17-19-34(20-18-33)28(23-9-5-3-6-10-23)24-11-7-4-8-12-24/h3-16,22,28H,2,17-20H2,1H3,(H,32,35)/b26-22-. The number of hydrogen-bond donors (Lipinski definition) is 1. The molecule has 0 spiro atoms. The van der Waals surface area contributed by atoms with Crippen LogP contribution in [0.3, 0.4) is 0 Å². The van der Waals surface area contributed by atoms with Gasteiger partial charge in [0.25, 0.3) is 5.91 Å². The van der Waals surface area contributed by atoms with Crippen LogP contribution >= 0.6 is 0 Å². The molecule has 1 amide bonds. The van der Waals surface area contributed by atoms with Crippen molar-refractivity contribution in [3.05, 3.63) is 113 Å². The van der Waals surface area contributed by atoms with E-state index in [0.717, 1.165) is 13.1 Å². The highest BCUT2D eigenvalue weighted by Gasteiger charge is 2.26. The van der Waals surface area contributed by atoms with Crippen molar-refractivity contribution in [2.45, 2.75) is 13.0 Å². The fourth-order valence-electron chi connectivity index (χ4n) is 4.43. The Morgan fingerprint density at radius 1 is 0.919 bits per heavy atom. The highest BCUT2D eigenvalue weighted by atomic mass is 16.5. The van der Waals surface area contributed by atoms with Gasteiger partial charge in [-0.05, 0) is 42.3 Å². The number of hydrogen-bond acceptors (Lipinski definition) is 6. The summed E-state index contributed by atoms with van der Waals surface area (Å²) in [5.74, 6) is -0.904. The molecule has 37 heavy (non-hydrogen) atoms. The highest BCUT2D eigenvalue weighted by Crippen LogP contribution is 2.29. The number of nitriles is 1. The number of benzene rings is 3. The van der Waals surface area contributed by atoms with Crippen molar-refractivity contribution in [1.82, 2.24) is 9.80 Å². The van der Waals surface area contributed by atoms with E-state index in [0.29, 0.717) is 30.9 Å². The zero-order valence-electron chi connectivity index (χ0n) is 20.8. The Bertz CT molecular complexity index is 1220. The number of piperazine rings is 1. The number of ether oxygens (including phenoxy) is 1. The van der Waals surface area contributed by atoms with Gasteiger partial charge in [0.2, 0.25) is 0 Å². The normalized spacial score (nSPS) is 14.2. The van der Waals surface area contributed by atoms with Gasteiger partial charge in [-0.3, -0.25) is 9.69 Å². The molecule has 4 rings (SSSR count). The Morgan fingerprint density at radius 3 is 2.00 bits per heavy atom. The van der Waals surface area contributed by atoms with Gasteiger partial charge in [0, 0.05) is 38.1 Å². The Balaban J connectivity index is 1.40. The average molecular weight is 495 g/mol. The second kappa shape index (κ2) is 12.5.